The van der Waals surface area contributed by atoms with Crippen LogP contribution in [0.2, 0.25) is 5.02 Å². The summed E-state index contributed by atoms with van der Waals surface area (Å²) < 4.78 is 15.5. The number of primary amides is 1. The van der Waals surface area contributed by atoms with Gasteiger partial charge < -0.3 is 19.9 Å². The number of carbonyl (C=O) groups is 1. The summed E-state index contributed by atoms with van der Waals surface area (Å²) in [5.41, 5.74) is 7.75. The number of methoxy groups -OCH3 is 1. The van der Waals surface area contributed by atoms with Gasteiger partial charge in [0.25, 0.3) is 0 Å². The number of hydrogen-bond acceptors (Lipinski definition) is 4. The van der Waals surface area contributed by atoms with Crippen LogP contribution in [0.15, 0.2) is 6.07 Å². The number of amides is 1. The largest absolute Gasteiger partial charge is 0.496 e. The number of carbonyl (C=O) groups excluding carboxylic acids is 1. The fourth-order valence-electron chi connectivity index (χ4n) is 2.09. The molecule has 0 aliphatic carbocycles. The minimum atomic E-state index is -0.789. The van der Waals surface area contributed by atoms with Crippen LogP contribution in [0.3, 0.4) is 0 Å². The van der Waals surface area contributed by atoms with Gasteiger partial charge in [-0.1, -0.05) is 11.6 Å². The highest BCUT2D eigenvalue weighted by molar-refractivity contribution is 6.31. The molecule has 1 unspecified atom stereocenters. The molecule has 1 saturated heterocycles. The van der Waals surface area contributed by atoms with E-state index in [0.717, 1.165) is 22.4 Å². The van der Waals surface area contributed by atoms with Gasteiger partial charge in [0.05, 0.1) is 20.3 Å². The van der Waals surface area contributed by atoms with Crippen molar-refractivity contribution in [2.45, 2.75) is 19.4 Å². The Morgan fingerprint density at radius 1 is 1.63 bits per heavy atom. The summed E-state index contributed by atoms with van der Waals surface area (Å²) in [6.07, 6.45) is -0.251. The number of rotatable bonds is 5. The van der Waals surface area contributed by atoms with Gasteiger partial charge in [-0.15, -0.1) is 0 Å². The average Bonchev–Trinajstić information content (AvgIpc) is 3.16. The van der Waals surface area contributed by atoms with Crippen LogP contribution in [-0.2, 0) is 15.9 Å². The molecule has 2 rings (SSSR count). The molecule has 0 saturated carbocycles. The second-order valence-corrected chi connectivity index (χ2v) is 4.74. The molecular weight excluding hydrogens is 270 g/mol. The standard InChI is InChI=1S/C13H16ClNO4/c1-7-9(14)5-8(3-4-18-13(15)16)12(17-2)11(7)10-6-19-10/h5,10H,3-4,6H2,1-2H3,(H2,15,16). The number of ether oxygens (including phenoxy) is 3. The first-order chi connectivity index (χ1) is 9.04. The molecule has 1 aromatic carbocycles. The van der Waals surface area contributed by atoms with Crippen molar-refractivity contribution >= 4 is 17.7 Å². The van der Waals surface area contributed by atoms with Gasteiger partial charge in [-0.05, 0) is 24.1 Å². The lowest BCUT2D eigenvalue weighted by Crippen LogP contribution is -2.15. The fraction of sp³-hybridized carbons (Fsp3) is 0.462. The smallest absolute Gasteiger partial charge is 0.404 e. The van der Waals surface area contributed by atoms with E-state index in [4.69, 9.17) is 31.5 Å². The van der Waals surface area contributed by atoms with E-state index in [1.54, 1.807) is 7.11 Å². The van der Waals surface area contributed by atoms with Crippen molar-refractivity contribution in [2.24, 2.45) is 5.73 Å². The summed E-state index contributed by atoms with van der Waals surface area (Å²) in [5, 5.41) is 0.653. The molecule has 1 atom stereocenters. The number of nitrogens with two attached hydrogens (primary N) is 1. The number of benzene rings is 1. The van der Waals surface area contributed by atoms with Gasteiger partial charge in [-0.2, -0.15) is 0 Å². The van der Waals surface area contributed by atoms with Crippen molar-refractivity contribution in [2.75, 3.05) is 20.3 Å². The van der Waals surface area contributed by atoms with Crippen LogP contribution in [0.25, 0.3) is 0 Å². The number of epoxide rings is 1. The molecule has 1 fully saturated rings. The number of hydrogen-bond donors (Lipinski definition) is 1. The van der Waals surface area contributed by atoms with E-state index in [9.17, 15) is 4.79 Å². The maximum atomic E-state index is 10.6. The molecule has 104 valence electrons. The summed E-state index contributed by atoms with van der Waals surface area (Å²) in [7, 11) is 1.60. The van der Waals surface area contributed by atoms with Crippen LogP contribution in [0.4, 0.5) is 4.79 Å². The molecule has 0 aromatic heterocycles. The van der Waals surface area contributed by atoms with Crippen molar-refractivity contribution in [3.05, 3.63) is 27.8 Å². The molecule has 0 bridgehead atoms. The highest BCUT2D eigenvalue weighted by Crippen LogP contribution is 2.43. The minimum absolute atomic E-state index is 0.0458. The van der Waals surface area contributed by atoms with E-state index in [-0.39, 0.29) is 12.7 Å². The Labute approximate surface area is 116 Å². The molecule has 0 radical (unpaired) electrons. The topological polar surface area (TPSA) is 74.1 Å². The van der Waals surface area contributed by atoms with Gasteiger partial charge in [0.1, 0.15) is 11.9 Å². The van der Waals surface area contributed by atoms with E-state index in [1.165, 1.54) is 0 Å². The zero-order valence-electron chi connectivity index (χ0n) is 10.9. The van der Waals surface area contributed by atoms with Crippen molar-refractivity contribution in [1.29, 1.82) is 0 Å². The second kappa shape index (κ2) is 5.67. The second-order valence-electron chi connectivity index (χ2n) is 4.33. The predicted octanol–water partition coefficient (Wildman–Crippen LogP) is 2.37. The highest BCUT2D eigenvalue weighted by Gasteiger charge is 2.32. The lowest BCUT2D eigenvalue weighted by Gasteiger charge is -2.16. The van der Waals surface area contributed by atoms with Gasteiger partial charge in [-0.3, -0.25) is 0 Å². The van der Waals surface area contributed by atoms with Gasteiger partial charge in [0.15, 0.2) is 0 Å². The summed E-state index contributed by atoms with van der Waals surface area (Å²) in [6.45, 7) is 2.80. The Kier molecular flexibility index (Phi) is 4.17. The molecule has 1 aliphatic rings. The molecule has 5 nitrogen and oxygen atoms in total. The predicted molar refractivity (Wildman–Crippen MR) is 70.7 cm³/mol. The molecule has 1 heterocycles. The van der Waals surface area contributed by atoms with Crippen molar-refractivity contribution in [3.63, 3.8) is 0 Å². The Bertz CT molecular complexity index is 500. The molecule has 1 amide bonds. The maximum absolute atomic E-state index is 10.6. The van der Waals surface area contributed by atoms with Crippen LogP contribution >= 0.6 is 11.6 Å². The van der Waals surface area contributed by atoms with E-state index < -0.39 is 6.09 Å². The Morgan fingerprint density at radius 3 is 2.84 bits per heavy atom. The summed E-state index contributed by atoms with van der Waals surface area (Å²) in [6, 6.07) is 1.83. The third-order valence-electron chi connectivity index (χ3n) is 3.07. The fourth-order valence-corrected chi connectivity index (χ4v) is 2.32. The molecule has 1 aliphatic heterocycles. The first-order valence-electron chi connectivity index (χ1n) is 5.94. The van der Waals surface area contributed by atoms with E-state index in [0.29, 0.717) is 18.1 Å². The molecule has 19 heavy (non-hydrogen) atoms. The van der Waals surface area contributed by atoms with Gasteiger partial charge in [0.2, 0.25) is 0 Å². The molecule has 0 spiro atoms. The molecule has 1 aromatic rings. The van der Waals surface area contributed by atoms with E-state index in [1.807, 2.05) is 13.0 Å². The highest BCUT2D eigenvalue weighted by atomic mass is 35.5. The van der Waals surface area contributed by atoms with Crippen LogP contribution in [-0.4, -0.2) is 26.4 Å². The Hall–Kier alpha value is -1.46. The van der Waals surface area contributed by atoms with Crippen molar-refractivity contribution in [1.82, 2.24) is 0 Å². The first kappa shape index (κ1) is 14.0. The zero-order valence-corrected chi connectivity index (χ0v) is 11.6. The van der Waals surface area contributed by atoms with Crippen molar-refractivity contribution in [3.8, 4) is 5.75 Å². The van der Waals surface area contributed by atoms with Crippen LogP contribution in [0, 0.1) is 6.92 Å². The Balaban J connectivity index is 2.28. The molecule has 2 N–H and O–H groups in total. The lowest BCUT2D eigenvalue weighted by molar-refractivity contribution is 0.158. The monoisotopic (exact) mass is 285 g/mol. The summed E-state index contributed by atoms with van der Waals surface area (Å²) in [4.78, 5) is 10.6. The summed E-state index contributed by atoms with van der Waals surface area (Å²) in [5.74, 6) is 0.748. The Morgan fingerprint density at radius 2 is 2.32 bits per heavy atom. The molecule has 6 heteroatoms. The minimum Gasteiger partial charge on any atom is -0.496 e. The van der Waals surface area contributed by atoms with E-state index >= 15 is 0 Å². The first-order valence-corrected chi connectivity index (χ1v) is 6.32. The zero-order chi connectivity index (χ0) is 14.0. The normalized spacial score (nSPS) is 17.1. The van der Waals surface area contributed by atoms with Crippen LogP contribution in [0.5, 0.6) is 5.75 Å². The number of halogens is 1. The summed E-state index contributed by atoms with van der Waals surface area (Å²) >= 11 is 6.22. The van der Waals surface area contributed by atoms with Gasteiger partial charge in [0, 0.05) is 17.0 Å². The SMILES string of the molecule is COc1c(CCOC(N)=O)cc(Cl)c(C)c1C1CO1. The molecular formula is C13H16ClNO4. The third-order valence-corrected chi connectivity index (χ3v) is 3.47. The third kappa shape index (κ3) is 3.11. The van der Waals surface area contributed by atoms with Gasteiger partial charge >= 0.3 is 6.09 Å². The quantitative estimate of drug-likeness (QED) is 0.843. The average molecular weight is 286 g/mol. The van der Waals surface area contributed by atoms with Gasteiger partial charge in [-0.25, -0.2) is 4.79 Å². The lowest BCUT2D eigenvalue weighted by atomic mass is 9.99. The van der Waals surface area contributed by atoms with Crippen LogP contribution in [0.1, 0.15) is 22.8 Å². The van der Waals surface area contributed by atoms with E-state index in [2.05, 4.69) is 0 Å². The van der Waals surface area contributed by atoms with Crippen molar-refractivity contribution < 1.29 is 19.0 Å². The maximum Gasteiger partial charge on any atom is 0.404 e. The van der Waals surface area contributed by atoms with Crippen LogP contribution < -0.4 is 10.5 Å².